The fraction of sp³-hybridized carbons (Fsp3) is 0.172. The Hall–Kier alpha value is -3.32. The number of benzene rings is 4. The van der Waals surface area contributed by atoms with Gasteiger partial charge in [0.2, 0.25) is 0 Å². The minimum atomic E-state index is 1.06. The van der Waals surface area contributed by atoms with Crippen LogP contribution in [0.4, 0.5) is 17.1 Å². The van der Waals surface area contributed by atoms with Gasteiger partial charge in [0.1, 0.15) is 0 Å². The third-order valence-electron chi connectivity index (χ3n) is 7.76. The van der Waals surface area contributed by atoms with Crippen LogP contribution in [0, 0.1) is 0 Å². The molecule has 4 aromatic rings. The maximum absolute atomic E-state index is 2.65. The number of para-hydroxylation sites is 2. The van der Waals surface area contributed by atoms with E-state index in [0.717, 1.165) is 32.1 Å². The zero-order valence-corrected chi connectivity index (χ0v) is 16.8. The Kier molecular flexibility index (Phi) is 2.70. The zero-order chi connectivity index (χ0) is 19.4. The number of fused-ring (bicyclic) bond motifs is 3. The van der Waals surface area contributed by atoms with E-state index in [-0.39, 0.29) is 0 Å². The molecule has 142 valence electrons. The number of anilines is 3. The molecular formula is C29H21N. The van der Waals surface area contributed by atoms with Gasteiger partial charge in [-0.25, -0.2) is 0 Å². The molecule has 0 fully saturated rings. The molecule has 1 nitrogen and oxygen atoms in total. The van der Waals surface area contributed by atoms with E-state index < -0.39 is 0 Å². The zero-order valence-electron chi connectivity index (χ0n) is 16.8. The van der Waals surface area contributed by atoms with Crippen LogP contribution in [-0.2, 0) is 32.1 Å². The molecule has 0 atom stereocenters. The smallest absolute Gasteiger partial charge is 0.0535 e. The summed E-state index contributed by atoms with van der Waals surface area (Å²) in [7, 11) is 0. The van der Waals surface area contributed by atoms with Crippen LogP contribution >= 0.6 is 0 Å². The molecule has 3 heterocycles. The van der Waals surface area contributed by atoms with Crippen LogP contribution in [0.2, 0.25) is 0 Å². The van der Waals surface area contributed by atoms with Crippen molar-refractivity contribution >= 4 is 17.1 Å². The Morgan fingerprint density at radius 3 is 1.60 bits per heavy atom. The SMILES string of the molecule is c1ccc2c(c1)Cc1cc3c4c(c1C2)Cc1cccc2c1N4c1c(cccc1C3)C2. The quantitative estimate of drug-likeness (QED) is 0.294. The maximum atomic E-state index is 2.65. The Morgan fingerprint density at radius 2 is 0.900 bits per heavy atom. The van der Waals surface area contributed by atoms with E-state index in [1.165, 1.54) is 56.0 Å². The van der Waals surface area contributed by atoms with Crippen molar-refractivity contribution in [3.63, 3.8) is 0 Å². The molecule has 0 amide bonds. The van der Waals surface area contributed by atoms with Crippen LogP contribution < -0.4 is 4.90 Å². The normalized spacial score (nSPS) is 15.9. The van der Waals surface area contributed by atoms with Crippen LogP contribution in [0.15, 0.2) is 66.7 Å². The fourth-order valence-electron chi connectivity index (χ4n) is 6.55. The van der Waals surface area contributed by atoms with Gasteiger partial charge in [-0.05, 0) is 68.5 Å². The van der Waals surface area contributed by atoms with E-state index in [1.54, 1.807) is 16.7 Å². The van der Waals surface area contributed by atoms with Gasteiger partial charge >= 0.3 is 0 Å². The van der Waals surface area contributed by atoms with E-state index in [0.29, 0.717) is 0 Å². The van der Waals surface area contributed by atoms with Crippen molar-refractivity contribution < 1.29 is 0 Å². The van der Waals surface area contributed by atoms with E-state index in [4.69, 9.17) is 0 Å². The molecule has 0 unspecified atom stereocenters. The highest BCUT2D eigenvalue weighted by atomic mass is 15.2. The highest BCUT2D eigenvalue weighted by Gasteiger charge is 2.38. The summed E-state index contributed by atoms with van der Waals surface area (Å²) in [5, 5.41) is 0. The first-order valence-corrected chi connectivity index (χ1v) is 11.1. The number of hydrogen-bond donors (Lipinski definition) is 0. The minimum absolute atomic E-state index is 1.06. The molecule has 30 heavy (non-hydrogen) atoms. The predicted molar refractivity (Wildman–Crippen MR) is 122 cm³/mol. The molecular weight excluding hydrogens is 362 g/mol. The Labute approximate surface area is 176 Å². The molecule has 0 radical (unpaired) electrons. The highest BCUT2D eigenvalue weighted by Crippen LogP contribution is 2.56. The monoisotopic (exact) mass is 383 g/mol. The van der Waals surface area contributed by atoms with Gasteiger partial charge in [0, 0.05) is 19.3 Å². The average molecular weight is 383 g/mol. The summed E-state index contributed by atoms with van der Waals surface area (Å²) in [5.41, 5.74) is 19.7. The fourth-order valence-corrected chi connectivity index (χ4v) is 6.55. The van der Waals surface area contributed by atoms with Crippen molar-refractivity contribution in [3.05, 3.63) is 122 Å². The Balaban J connectivity index is 1.46. The van der Waals surface area contributed by atoms with E-state index in [1.807, 2.05) is 0 Å². The van der Waals surface area contributed by atoms with Crippen LogP contribution in [-0.4, -0.2) is 0 Å². The van der Waals surface area contributed by atoms with Crippen LogP contribution in [0.3, 0.4) is 0 Å². The van der Waals surface area contributed by atoms with Crippen molar-refractivity contribution in [2.24, 2.45) is 0 Å². The maximum Gasteiger partial charge on any atom is 0.0535 e. The topological polar surface area (TPSA) is 3.24 Å². The van der Waals surface area contributed by atoms with Gasteiger partial charge in [0.15, 0.2) is 0 Å². The summed E-state index contributed by atoms with van der Waals surface area (Å²) >= 11 is 0. The molecule has 0 N–H and O–H groups in total. The van der Waals surface area contributed by atoms with Crippen molar-refractivity contribution in [2.45, 2.75) is 32.1 Å². The van der Waals surface area contributed by atoms with Crippen molar-refractivity contribution in [2.75, 3.05) is 4.90 Å². The molecule has 1 aliphatic carbocycles. The molecule has 1 heteroatoms. The standard InChI is InChI=1S/C29H21N/c1-2-6-18-15-25-23(11-17(18)5-1)14-24-13-21-9-3-7-19-12-20-8-4-10-22-16-26(25)29(24)30(27(19)21)28(20)22/h1-10,14H,11-13,15-16H2. The van der Waals surface area contributed by atoms with Crippen LogP contribution in [0.5, 0.6) is 0 Å². The first-order valence-electron chi connectivity index (χ1n) is 11.1. The number of nitrogens with zero attached hydrogens (tertiary/aromatic N) is 1. The van der Waals surface area contributed by atoms with Gasteiger partial charge in [0.05, 0.1) is 17.1 Å². The van der Waals surface area contributed by atoms with Crippen molar-refractivity contribution in [1.82, 2.24) is 0 Å². The lowest BCUT2D eigenvalue weighted by Gasteiger charge is -2.45. The Morgan fingerprint density at radius 1 is 0.400 bits per heavy atom. The summed E-state index contributed by atoms with van der Waals surface area (Å²) in [4.78, 5) is 2.65. The highest BCUT2D eigenvalue weighted by molar-refractivity contribution is 5.94. The lowest BCUT2D eigenvalue weighted by Crippen LogP contribution is -2.31. The molecule has 0 saturated carbocycles. The van der Waals surface area contributed by atoms with Gasteiger partial charge < -0.3 is 4.90 Å². The lowest BCUT2D eigenvalue weighted by molar-refractivity contribution is 0.907. The number of hydrogen-bond acceptors (Lipinski definition) is 1. The third-order valence-corrected chi connectivity index (χ3v) is 7.76. The molecule has 0 saturated heterocycles. The van der Waals surface area contributed by atoms with Gasteiger partial charge in [0.25, 0.3) is 0 Å². The molecule has 4 aromatic carbocycles. The molecule has 3 aliphatic heterocycles. The summed E-state index contributed by atoms with van der Waals surface area (Å²) in [5.74, 6) is 0. The van der Waals surface area contributed by atoms with Gasteiger partial charge in [-0.2, -0.15) is 0 Å². The summed E-state index contributed by atoms with van der Waals surface area (Å²) < 4.78 is 0. The van der Waals surface area contributed by atoms with Crippen LogP contribution in [0.25, 0.3) is 0 Å². The van der Waals surface area contributed by atoms with Crippen LogP contribution in [0.1, 0.15) is 55.6 Å². The molecule has 0 aromatic heterocycles. The summed E-state index contributed by atoms with van der Waals surface area (Å²) in [6.07, 6.45) is 5.35. The minimum Gasteiger partial charge on any atom is -0.309 e. The third kappa shape index (κ3) is 1.80. The van der Waals surface area contributed by atoms with E-state index in [2.05, 4.69) is 71.6 Å². The van der Waals surface area contributed by atoms with Gasteiger partial charge in [-0.15, -0.1) is 0 Å². The second kappa shape index (κ2) is 5.23. The van der Waals surface area contributed by atoms with Crippen molar-refractivity contribution in [1.29, 1.82) is 0 Å². The second-order valence-corrected chi connectivity index (χ2v) is 9.34. The summed E-state index contributed by atoms with van der Waals surface area (Å²) in [6.45, 7) is 0. The Bertz CT molecular complexity index is 1410. The predicted octanol–water partition coefficient (Wildman–Crippen LogP) is 6.36. The van der Waals surface area contributed by atoms with Crippen molar-refractivity contribution in [3.8, 4) is 0 Å². The van der Waals surface area contributed by atoms with E-state index >= 15 is 0 Å². The van der Waals surface area contributed by atoms with E-state index in [9.17, 15) is 0 Å². The molecule has 0 spiro atoms. The molecule has 4 aliphatic rings. The first-order chi connectivity index (χ1) is 14.8. The summed E-state index contributed by atoms with van der Waals surface area (Å²) in [6, 6.07) is 25.5. The first kappa shape index (κ1) is 15.5. The van der Waals surface area contributed by atoms with Gasteiger partial charge in [-0.3, -0.25) is 0 Å². The molecule has 0 bridgehead atoms. The number of rotatable bonds is 0. The lowest BCUT2D eigenvalue weighted by atomic mass is 9.74. The second-order valence-electron chi connectivity index (χ2n) is 9.34. The van der Waals surface area contributed by atoms with Gasteiger partial charge in [-0.1, -0.05) is 66.7 Å². The average Bonchev–Trinajstić information content (AvgIpc) is 2.78. The largest absolute Gasteiger partial charge is 0.309 e. The molecule has 8 rings (SSSR count).